The molecule has 6 nitrogen and oxygen atoms in total. The number of para-hydroxylation sites is 3. The van der Waals surface area contributed by atoms with Crippen molar-refractivity contribution in [2.24, 2.45) is 0 Å². The van der Waals surface area contributed by atoms with Crippen molar-refractivity contribution < 1.29 is 23.5 Å². The summed E-state index contributed by atoms with van der Waals surface area (Å²) in [6, 6.07) is 14.4. The van der Waals surface area contributed by atoms with E-state index in [9.17, 15) is 9.59 Å². The van der Waals surface area contributed by atoms with Gasteiger partial charge in [0.25, 0.3) is 5.91 Å². The second-order valence-electron chi connectivity index (χ2n) is 6.02. The molecule has 0 spiro atoms. The molecule has 0 unspecified atom stereocenters. The Hall–Kier alpha value is -3.28. The van der Waals surface area contributed by atoms with Crippen molar-refractivity contribution >= 4 is 28.5 Å². The van der Waals surface area contributed by atoms with Gasteiger partial charge in [0.2, 0.25) is 5.76 Å². The van der Waals surface area contributed by atoms with Gasteiger partial charge in [-0.05, 0) is 39.0 Å². The molecule has 0 aliphatic rings. The molecule has 0 saturated heterocycles. The molecule has 1 N–H and O–H groups in total. The predicted octanol–water partition coefficient (Wildman–Crippen LogP) is 4.32. The fourth-order valence-electron chi connectivity index (χ4n) is 2.72. The number of hydrogen-bond acceptors (Lipinski definition) is 5. The summed E-state index contributed by atoms with van der Waals surface area (Å²) in [5.74, 6) is -0.473. The number of hydrogen-bond donors (Lipinski definition) is 1. The number of rotatable bonds is 6. The third kappa shape index (κ3) is 3.95. The van der Waals surface area contributed by atoms with Crippen LogP contribution in [0.1, 0.15) is 30.0 Å². The molecule has 0 fully saturated rings. The molecule has 0 bridgehead atoms. The fraction of sp³-hybridized carbons (Fsp3) is 0.238. The summed E-state index contributed by atoms with van der Waals surface area (Å²) in [5.41, 5.74) is 1.81. The Balaban J connectivity index is 1.71. The number of esters is 1. The quantitative estimate of drug-likeness (QED) is 0.656. The van der Waals surface area contributed by atoms with E-state index < -0.39 is 18.0 Å². The lowest BCUT2D eigenvalue weighted by Crippen LogP contribution is -2.30. The summed E-state index contributed by atoms with van der Waals surface area (Å²) < 4.78 is 16.4. The first kappa shape index (κ1) is 18.5. The van der Waals surface area contributed by atoms with Gasteiger partial charge in [-0.2, -0.15) is 0 Å². The zero-order valence-corrected chi connectivity index (χ0v) is 15.4. The van der Waals surface area contributed by atoms with Crippen LogP contribution in [0.25, 0.3) is 11.0 Å². The Bertz CT molecular complexity index is 976. The highest BCUT2D eigenvalue weighted by atomic mass is 16.6. The summed E-state index contributed by atoms with van der Waals surface area (Å²) in [7, 11) is 0. The number of benzene rings is 2. The molecular weight excluding hydrogens is 346 g/mol. The second-order valence-corrected chi connectivity index (χ2v) is 6.02. The fourth-order valence-corrected chi connectivity index (χ4v) is 2.72. The molecule has 0 saturated carbocycles. The summed E-state index contributed by atoms with van der Waals surface area (Å²) >= 11 is 0. The Morgan fingerprint density at radius 2 is 1.81 bits per heavy atom. The summed E-state index contributed by atoms with van der Waals surface area (Å²) in [4.78, 5) is 24.9. The average Bonchev–Trinajstić information content (AvgIpc) is 3.00. The van der Waals surface area contributed by atoms with Gasteiger partial charge in [0.15, 0.2) is 6.10 Å². The number of anilines is 1. The average molecular weight is 367 g/mol. The minimum absolute atomic E-state index is 0.102. The molecule has 0 aliphatic heterocycles. The van der Waals surface area contributed by atoms with E-state index in [1.165, 1.54) is 6.92 Å². The monoisotopic (exact) mass is 367 g/mol. The number of carbonyl (C=O) groups is 2. The molecule has 3 aromatic rings. The third-order valence-corrected chi connectivity index (χ3v) is 4.13. The van der Waals surface area contributed by atoms with Crippen LogP contribution in [0.5, 0.6) is 5.75 Å². The van der Waals surface area contributed by atoms with Crippen molar-refractivity contribution in [1.29, 1.82) is 0 Å². The van der Waals surface area contributed by atoms with Crippen LogP contribution in [-0.4, -0.2) is 24.6 Å². The van der Waals surface area contributed by atoms with Gasteiger partial charge in [-0.15, -0.1) is 0 Å². The first-order valence-corrected chi connectivity index (χ1v) is 8.73. The summed E-state index contributed by atoms with van der Waals surface area (Å²) in [6.45, 7) is 5.63. The van der Waals surface area contributed by atoms with Crippen molar-refractivity contribution in [2.45, 2.75) is 26.9 Å². The maximum atomic E-state index is 12.5. The number of aryl methyl sites for hydroxylation is 1. The van der Waals surface area contributed by atoms with E-state index in [-0.39, 0.29) is 5.76 Å². The highest BCUT2D eigenvalue weighted by Crippen LogP contribution is 2.26. The van der Waals surface area contributed by atoms with E-state index in [4.69, 9.17) is 13.9 Å². The maximum Gasteiger partial charge on any atom is 0.375 e. The molecule has 1 heterocycles. The first-order chi connectivity index (χ1) is 13.0. The first-order valence-electron chi connectivity index (χ1n) is 8.73. The standard InChI is InChI=1S/C21H21NO5/c1-4-25-18-12-8-6-10-16(18)22-20(23)14(3)26-21(24)19-13(2)15-9-5-7-11-17(15)27-19/h5-12,14H,4H2,1-3H3,(H,22,23)/t14-/m0/s1. The van der Waals surface area contributed by atoms with Gasteiger partial charge in [0, 0.05) is 10.9 Å². The zero-order chi connectivity index (χ0) is 19.4. The molecule has 1 amide bonds. The predicted molar refractivity (Wildman–Crippen MR) is 102 cm³/mol. The third-order valence-electron chi connectivity index (χ3n) is 4.13. The van der Waals surface area contributed by atoms with Gasteiger partial charge in [-0.1, -0.05) is 30.3 Å². The minimum atomic E-state index is -1.00. The molecule has 0 aliphatic carbocycles. The van der Waals surface area contributed by atoms with Gasteiger partial charge in [0.05, 0.1) is 12.3 Å². The smallest absolute Gasteiger partial charge is 0.375 e. The van der Waals surface area contributed by atoms with Crippen molar-refractivity contribution in [3.63, 3.8) is 0 Å². The van der Waals surface area contributed by atoms with E-state index >= 15 is 0 Å². The number of carbonyl (C=O) groups excluding carboxylic acids is 2. The Kier molecular flexibility index (Phi) is 5.45. The van der Waals surface area contributed by atoms with Crippen molar-refractivity contribution in [3.05, 3.63) is 59.9 Å². The highest BCUT2D eigenvalue weighted by Gasteiger charge is 2.24. The van der Waals surface area contributed by atoms with Crippen LogP contribution in [0.3, 0.4) is 0 Å². The molecule has 2 aromatic carbocycles. The molecule has 6 heteroatoms. The number of furan rings is 1. The van der Waals surface area contributed by atoms with Crippen LogP contribution < -0.4 is 10.1 Å². The molecule has 140 valence electrons. The lowest BCUT2D eigenvalue weighted by atomic mass is 10.1. The SMILES string of the molecule is CCOc1ccccc1NC(=O)[C@H](C)OC(=O)c1oc2ccccc2c1C. The second kappa shape index (κ2) is 7.95. The summed E-state index contributed by atoms with van der Waals surface area (Å²) in [5, 5.41) is 3.56. The van der Waals surface area contributed by atoms with E-state index in [0.29, 0.717) is 29.2 Å². The van der Waals surface area contributed by atoms with E-state index in [1.807, 2.05) is 31.2 Å². The Morgan fingerprint density at radius 1 is 1.11 bits per heavy atom. The van der Waals surface area contributed by atoms with Crippen LogP contribution in [0, 0.1) is 6.92 Å². The van der Waals surface area contributed by atoms with E-state index in [2.05, 4.69) is 5.32 Å². The molecule has 0 radical (unpaired) electrons. The number of nitrogens with one attached hydrogen (secondary N) is 1. The number of amides is 1. The van der Waals surface area contributed by atoms with E-state index in [1.54, 1.807) is 31.2 Å². The van der Waals surface area contributed by atoms with Crippen molar-refractivity contribution in [1.82, 2.24) is 0 Å². The van der Waals surface area contributed by atoms with Crippen molar-refractivity contribution in [3.8, 4) is 5.75 Å². The van der Waals surface area contributed by atoms with Gasteiger partial charge in [-0.25, -0.2) is 4.79 Å². The van der Waals surface area contributed by atoms with Gasteiger partial charge < -0.3 is 19.2 Å². The zero-order valence-electron chi connectivity index (χ0n) is 15.4. The highest BCUT2D eigenvalue weighted by molar-refractivity contribution is 5.99. The van der Waals surface area contributed by atoms with E-state index in [0.717, 1.165) is 5.39 Å². The Morgan fingerprint density at radius 3 is 2.56 bits per heavy atom. The van der Waals surface area contributed by atoms with Crippen LogP contribution >= 0.6 is 0 Å². The van der Waals surface area contributed by atoms with Crippen LogP contribution in [0.4, 0.5) is 5.69 Å². The van der Waals surface area contributed by atoms with Crippen LogP contribution in [-0.2, 0) is 9.53 Å². The molecular formula is C21H21NO5. The van der Waals surface area contributed by atoms with Gasteiger partial charge >= 0.3 is 5.97 Å². The molecule has 3 rings (SSSR count). The van der Waals surface area contributed by atoms with Crippen LogP contribution in [0.15, 0.2) is 52.9 Å². The maximum absolute atomic E-state index is 12.5. The topological polar surface area (TPSA) is 77.8 Å². The molecule has 1 aromatic heterocycles. The lowest BCUT2D eigenvalue weighted by molar-refractivity contribution is -0.123. The van der Waals surface area contributed by atoms with Gasteiger partial charge in [0.1, 0.15) is 11.3 Å². The summed E-state index contributed by atoms with van der Waals surface area (Å²) in [6.07, 6.45) is -1.00. The van der Waals surface area contributed by atoms with Crippen LogP contribution in [0.2, 0.25) is 0 Å². The lowest BCUT2D eigenvalue weighted by Gasteiger charge is -2.15. The minimum Gasteiger partial charge on any atom is -0.492 e. The molecule has 1 atom stereocenters. The normalized spacial score (nSPS) is 11.8. The van der Waals surface area contributed by atoms with Crippen molar-refractivity contribution in [2.75, 3.05) is 11.9 Å². The molecule has 27 heavy (non-hydrogen) atoms. The number of fused-ring (bicyclic) bond motifs is 1. The number of ether oxygens (including phenoxy) is 2. The Labute approximate surface area is 157 Å². The largest absolute Gasteiger partial charge is 0.492 e. The van der Waals surface area contributed by atoms with Gasteiger partial charge in [-0.3, -0.25) is 4.79 Å².